The molecule has 1 fully saturated rings. The predicted octanol–water partition coefficient (Wildman–Crippen LogP) is 9.98. The largest absolute Gasteiger partial charge is 0.507 e. The minimum atomic E-state index is -0.912. The van der Waals surface area contributed by atoms with Crippen LogP contribution in [0.5, 0.6) is 17.2 Å². The van der Waals surface area contributed by atoms with Crippen LogP contribution in [-0.4, -0.2) is 44.8 Å². The van der Waals surface area contributed by atoms with Gasteiger partial charge in [0.1, 0.15) is 29.5 Å². The second-order valence-electron chi connectivity index (χ2n) is 15.4. The summed E-state index contributed by atoms with van der Waals surface area (Å²) in [7, 11) is 0. The van der Waals surface area contributed by atoms with E-state index in [-0.39, 0.29) is 21.8 Å². The molecule has 284 valence electrons. The van der Waals surface area contributed by atoms with Gasteiger partial charge in [0.25, 0.3) is 5.24 Å². The lowest BCUT2D eigenvalue weighted by atomic mass is 9.72. The first-order valence-corrected chi connectivity index (χ1v) is 19.2. The van der Waals surface area contributed by atoms with Gasteiger partial charge in [-0.05, 0) is 138 Å². The fourth-order valence-corrected chi connectivity index (χ4v) is 7.83. The van der Waals surface area contributed by atoms with Crippen LogP contribution in [0.1, 0.15) is 95.0 Å². The summed E-state index contributed by atoms with van der Waals surface area (Å²) >= 11 is 1.04. The van der Waals surface area contributed by atoms with E-state index in [9.17, 15) is 19.5 Å². The Bertz CT molecular complexity index is 1880. The summed E-state index contributed by atoms with van der Waals surface area (Å²) in [5.41, 5.74) is 9.41. The number of rotatable bonds is 10. The summed E-state index contributed by atoms with van der Waals surface area (Å²) in [6.07, 6.45) is 17.1. The quantitative estimate of drug-likeness (QED) is 0.163. The van der Waals surface area contributed by atoms with E-state index in [1.807, 2.05) is 64.1 Å². The number of phenolic OH excluding ortho intramolecular Hbond substituents is 1. The Labute approximate surface area is 319 Å². The van der Waals surface area contributed by atoms with Crippen LogP contribution in [0.3, 0.4) is 0 Å². The van der Waals surface area contributed by atoms with Crippen molar-refractivity contribution in [2.45, 2.75) is 112 Å². The van der Waals surface area contributed by atoms with Crippen molar-refractivity contribution >= 4 is 28.9 Å². The zero-order valence-corrected chi connectivity index (χ0v) is 33.5. The number of hydrogen-bond donors (Lipinski definition) is 3. The van der Waals surface area contributed by atoms with Crippen molar-refractivity contribution in [3.05, 3.63) is 111 Å². The summed E-state index contributed by atoms with van der Waals surface area (Å²) in [6.45, 7) is 19.0. The van der Waals surface area contributed by atoms with E-state index in [0.717, 1.165) is 75.1 Å². The summed E-state index contributed by atoms with van der Waals surface area (Å²) in [6, 6.07) is 7.61. The molecule has 0 radical (unpaired) electrons. The molecule has 2 unspecified atom stereocenters. The smallest absolute Gasteiger partial charge is 0.328 e. The van der Waals surface area contributed by atoms with Crippen LogP contribution in [0.25, 0.3) is 0 Å². The Balaban J connectivity index is 0.000000253. The molecule has 2 aromatic rings. The predicted molar refractivity (Wildman–Crippen MR) is 214 cm³/mol. The van der Waals surface area contributed by atoms with Crippen LogP contribution < -0.4 is 14.8 Å². The number of carboxylic acid groups (broad SMARTS) is 1. The third kappa shape index (κ3) is 11.0. The number of nitrogens with one attached hydrogen (secondary N) is 1. The van der Waals surface area contributed by atoms with Crippen molar-refractivity contribution in [1.29, 1.82) is 0 Å². The summed E-state index contributed by atoms with van der Waals surface area (Å²) in [5, 5.41) is 20.7. The molecule has 2 atom stereocenters. The molecule has 1 saturated heterocycles. The normalized spacial score (nSPS) is 21.6. The molecular formula is C44H55NO7S. The van der Waals surface area contributed by atoms with Crippen molar-refractivity contribution in [2.75, 3.05) is 6.61 Å². The number of ether oxygens (including phenoxy) is 2. The fourth-order valence-electron chi connectivity index (χ4n) is 6.97. The van der Waals surface area contributed by atoms with Gasteiger partial charge in [-0.15, -0.1) is 0 Å². The van der Waals surface area contributed by atoms with E-state index in [1.165, 1.54) is 36.5 Å². The van der Waals surface area contributed by atoms with E-state index in [1.54, 1.807) is 13.0 Å². The zero-order valence-electron chi connectivity index (χ0n) is 32.6. The summed E-state index contributed by atoms with van der Waals surface area (Å²) < 4.78 is 12.4. The van der Waals surface area contributed by atoms with Crippen LogP contribution in [-0.2, 0) is 22.4 Å². The van der Waals surface area contributed by atoms with Gasteiger partial charge in [0.15, 0.2) is 0 Å². The first kappa shape index (κ1) is 41.3. The molecule has 0 aromatic heterocycles. The monoisotopic (exact) mass is 741 g/mol. The standard InChI is InChI=1S/C24H27NO5S.C20H28O2/c1-13-14(2)21-18(15(3)20(13)26)9-10-24(4,30-21)12-29-17-7-5-16(6-8-17)11-19-22(27)25-23(28)31-19;1-15(8-6-9-16(2)14-19(21)22)11-12-18-17(3)10-7-13-20(18,4)5/h5-8,19,26H,9-12H2,1-4H3,(H,25,27,28);6,8-9,11-12,14H,7,10,13H2,1-5H3,(H,21,22)/b;9-6+,12-11+,15-8-,16-14+. The molecular weight excluding hydrogens is 687 g/mol. The Morgan fingerprint density at radius 2 is 1.68 bits per heavy atom. The summed E-state index contributed by atoms with van der Waals surface area (Å²) in [5.74, 6) is 0.811. The molecule has 53 heavy (non-hydrogen) atoms. The van der Waals surface area contributed by atoms with Crippen molar-refractivity contribution in [1.82, 2.24) is 5.32 Å². The van der Waals surface area contributed by atoms with Gasteiger partial charge in [0.2, 0.25) is 5.91 Å². The highest BCUT2D eigenvalue weighted by Crippen LogP contribution is 2.44. The number of phenols is 1. The first-order valence-electron chi connectivity index (χ1n) is 18.3. The van der Waals surface area contributed by atoms with Crippen LogP contribution in [0.2, 0.25) is 0 Å². The number of aliphatic carboxylic acids is 1. The van der Waals surface area contributed by atoms with Gasteiger partial charge in [-0.3, -0.25) is 14.9 Å². The molecule has 0 spiro atoms. The van der Waals surface area contributed by atoms with Gasteiger partial charge in [0, 0.05) is 11.6 Å². The second-order valence-corrected chi connectivity index (χ2v) is 16.5. The molecule has 0 saturated carbocycles. The number of aromatic hydroxyl groups is 1. The first-order chi connectivity index (χ1) is 24.9. The van der Waals surface area contributed by atoms with Crippen molar-refractivity contribution in [3.8, 4) is 17.2 Å². The lowest BCUT2D eigenvalue weighted by Gasteiger charge is -2.37. The van der Waals surface area contributed by atoms with E-state index in [4.69, 9.17) is 14.6 Å². The molecule has 2 aromatic carbocycles. The van der Waals surface area contributed by atoms with E-state index >= 15 is 0 Å². The highest BCUT2D eigenvalue weighted by atomic mass is 32.2. The lowest BCUT2D eigenvalue weighted by Crippen LogP contribution is -2.42. The average molecular weight is 742 g/mol. The number of benzene rings is 2. The number of amides is 2. The number of thioether (sulfide) groups is 1. The van der Waals surface area contributed by atoms with Crippen LogP contribution in [0.15, 0.2) is 83.0 Å². The van der Waals surface area contributed by atoms with E-state index < -0.39 is 11.6 Å². The Morgan fingerprint density at radius 1 is 0.981 bits per heavy atom. The van der Waals surface area contributed by atoms with Gasteiger partial charge in [0.05, 0.1) is 5.25 Å². The number of carbonyl (C=O) groups is 3. The van der Waals surface area contributed by atoms with Crippen molar-refractivity contribution in [2.24, 2.45) is 5.41 Å². The number of hydrogen-bond acceptors (Lipinski definition) is 7. The topological polar surface area (TPSA) is 122 Å². The van der Waals surface area contributed by atoms with Gasteiger partial charge < -0.3 is 19.7 Å². The van der Waals surface area contributed by atoms with E-state index in [2.05, 4.69) is 45.2 Å². The van der Waals surface area contributed by atoms with Gasteiger partial charge in [-0.2, -0.15) is 0 Å². The molecule has 2 amide bonds. The van der Waals surface area contributed by atoms with E-state index in [0.29, 0.717) is 18.8 Å². The second kappa shape index (κ2) is 17.5. The number of allylic oxidation sites excluding steroid dienone is 9. The molecule has 8 nitrogen and oxygen atoms in total. The molecule has 2 aliphatic heterocycles. The zero-order chi connectivity index (χ0) is 39.1. The minimum absolute atomic E-state index is 0.230. The Kier molecular flexibility index (Phi) is 13.7. The van der Waals surface area contributed by atoms with Crippen LogP contribution in [0, 0.1) is 26.2 Å². The van der Waals surface area contributed by atoms with Crippen LogP contribution >= 0.6 is 11.8 Å². The molecule has 9 heteroatoms. The Hall–Kier alpha value is -4.50. The Morgan fingerprint density at radius 3 is 2.30 bits per heavy atom. The highest BCUT2D eigenvalue weighted by molar-refractivity contribution is 8.15. The maximum absolute atomic E-state index is 11.7. The van der Waals surface area contributed by atoms with Gasteiger partial charge >= 0.3 is 5.97 Å². The molecule has 0 bridgehead atoms. The maximum atomic E-state index is 11.7. The highest BCUT2D eigenvalue weighted by Gasteiger charge is 2.36. The third-order valence-corrected chi connectivity index (χ3v) is 11.4. The molecule has 3 N–H and O–H groups in total. The molecule has 5 rings (SSSR count). The van der Waals surface area contributed by atoms with Crippen molar-refractivity contribution < 1.29 is 34.1 Å². The third-order valence-electron chi connectivity index (χ3n) is 10.4. The van der Waals surface area contributed by atoms with Gasteiger partial charge in [-0.25, -0.2) is 4.79 Å². The van der Waals surface area contributed by atoms with Crippen molar-refractivity contribution in [3.63, 3.8) is 0 Å². The molecule has 2 heterocycles. The molecule has 3 aliphatic rings. The summed E-state index contributed by atoms with van der Waals surface area (Å²) in [4.78, 5) is 33.6. The number of carboxylic acids is 1. The number of imide groups is 1. The van der Waals surface area contributed by atoms with Crippen LogP contribution in [0.4, 0.5) is 4.79 Å². The number of fused-ring (bicyclic) bond motifs is 1. The lowest BCUT2D eigenvalue weighted by molar-refractivity contribution is -0.131. The fraction of sp³-hybridized carbons (Fsp3) is 0.432. The maximum Gasteiger partial charge on any atom is 0.328 e. The SMILES string of the molecule is CC1=C(/C=C/C(C)=C\C=C\C(C)=C\C(=O)O)C(C)(C)CCC1.Cc1c(C)c2c(c(C)c1O)CCC(C)(COc1ccc(CC3SC(=O)NC3=O)cc1)O2. The minimum Gasteiger partial charge on any atom is -0.507 e. The van der Waals surface area contributed by atoms with Gasteiger partial charge in [-0.1, -0.05) is 79.3 Å². The number of carbonyl (C=O) groups excluding carboxylic acids is 2. The molecule has 1 aliphatic carbocycles. The average Bonchev–Trinajstić information content (AvgIpc) is 3.41.